The van der Waals surface area contributed by atoms with E-state index in [4.69, 9.17) is 9.52 Å². The van der Waals surface area contributed by atoms with Gasteiger partial charge in [-0.3, -0.25) is 0 Å². The van der Waals surface area contributed by atoms with E-state index in [1.54, 1.807) is 6.07 Å². The lowest BCUT2D eigenvalue weighted by atomic mass is 9.99. The fraction of sp³-hybridized carbons (Fsp3) is 0.615. The Morgan fingerprint density at radius 2 is 2.24 bits per heavy atom. The molecule has 0 aliphatic rings. The third-order valence-electron chi connectivity index (χ3n) is 2.93. The van der Waals surface area contributed by atoms with Gasteiger partial charge in [0.2, 0.25) is 5.76 Å². The van der Waals surface area contributed by atoms with Gasteiger partial charge in [0.25, 0.3) is 0 Å². The average molecular weight is 239 g/mol. The molecular weight excluding hydrogens is 218 g/mol. The number of anilines is 1. The Labute approximate surface area is 102 Å². The Kier molecular flexibility index (Phi) is 5.60. The van der Waals surface area contributed by atoms with E-state index in [2.05, 4.69) is 19.2 Å². The van der Waals surface area contributed by atoms with Gasteiger partial charge in [0.1, 0.15) is 0 Å². The minimum atomic E-state index is -1.03. The lowest BCUT2D eigenvalue weighted by Crippen LogP contribution is -2.13. The molecule has 0 radical (unpaired) electrons. The zero-order chi connectivity index (χ0) is 12.7. The molecule has 1 heterocycles. The fourth-order valence-electron chi connectivity index (χ4n) is 1.74. The first-order valence-corrected chi connectivity index (χ1v) is 6.24. The maximum Gasteiger partial charge on any atom is 0.371 e. The van der Waals surface area contributed by atoms with E-state index in [1.807, 2.05) is 0 Å². The van der Waals surface area contributed by atoms with Crippen LogP contribution in [0.2, 0.25) is 0 Å². The second-order valence-electron chi connectivity index (χ2n) is 4.27. The summed E-state index contributed by atoms with van der Waals surface area (Å²) in [6.07, 6.45) is 4.77. The highest BCUT2D eigenvalue weighted by atomic mass is 16.4. The van der Waals surface area contributed by atoms with Crippen LogP contribution < -0.4 is 5.32 Å². The van der Waals surface area contributed by atoms with Crippen molar-refractivity contribution in [3.05, 3.63) is 17.9 Å². The Morgan fingerprint density at radius 1 is 1.47 bits per heavy atom. The van der Waals surface area contributed by atoms with Crippen LogP contribution in [0.4, 0.5) is 5.88 Å². The summed E-state index contributed by atoms with van der Waals surface area (Å²) in [5, 5.41) is 11.9. The van der Waals surface area contributed by atoms with Crippen molar-refractivity contribution in [2.45, 2.75) is 39.5 Å². The Morgan fingerprint density at radius 3 is 2.76 bits per heavy atom. The molecule has 17 heavy (non-hydrogen) atoms. The van der Waals surface area contributed by atoms with Crippen molar-refractivity contribution in [2.24, 2.45) is 5.92 Å². The minimum absolute atomic E-state index is 0.0193. The molecule has 0 bridgehead atoms. The molecule has 0 aliphatic carbocycles. The van der Waals surface area contributed by atoms with Crippen LogP contribution in [0.1, 0.15) is 50.1 Å². The molecule has 96 valence electrons. The molecule has 0 aromatic carbocycles. The van der Waals surface area contributed by atoms with Crippen LogP contribution in [0.5, 0.6) is 0 Å². The van der Waals surface area contributed by atoms with E-state index in [9.17, 15) is 4.79 Å². The Balaban J connectivity index is 2.39. The van der Waals surface area contributed by atoms with Crippen molar-refractivity contribution < 1.29 is 14.3 Å². The molecule has 4 nitrogen and oxygen atoms in total. The van der Waals surface area contributed by atoms with Crippen LogP contribution in [0.3, 0.4) is 0 Å². The summed E-state index contributed by atoms with van der Waals surface area (Å²) in [5.74, 6) is 0.107. The summed E-state index contributed by atoms with van der Waals surface area (Å²) < 4.78 is 5.13. The average Bonchev–Trinajstić information content (AvgIpc) is 2.78. The summed E-state index contributed by atoms with van der Waals surface area (Å²) in [4.78, 5) is 10.6. The highest BCUT2D eigenvalue weighted by molar-refractivity contribution is 5.84. The maximum atomic E-state index is 10.6. The molecule has 0 spiro atoms. The van der Waals surface area contributed by atoms with E-state index in [-0.39, 0.29) is 5.76 Å². The predicted octanol–water partition coefficient (Wildman–Crippen LogP) is 3.61. The lowest BCUT2D eigenvalue weighted by Gasteiger charge is -2.14. The first kappa shape index (κ1) is 13.6. The number of carboxylic acids is 1. The lowest BCUT2D eigenvalue weighted by molar-refractivity contribution is 0.0663. The summed E-state index contributed by atoms with van der Waals surface area (Å²) in [5.41, 5.74) is 0. The van der Waals surface area contributed by atoms with Gasteiger partial charge in [0, 0.05) is 12.6 Å². The second-order valence-corrected chi connectivity index (χ2v) is 4.27. The van der Waals surface area contributed by atoms with Crippen molar-refractivity contribution >= 4 is 11.9 Å². The highest BCUT2D eigenvalue weighted by Gasteiger charge is 2.10. The molecule has 1 unspecified atom stereocenters. The van der Waals surface area contributed by atoms with Crippen molar-refractivity contribution in [1.82, 2.24) is 0 Å². The summed E-state index contributed by atoms with van der Waals surface area (Å²) in [6.45, 7) is 5.20. The van der Waals surface area contributed by atoms with Gasteiger partial charge in [-0.2, -0.15) is 0 Å². The summed E-state index contributed by atoms with van der Waals surface area (Å²) in [6, 6.07) is 3.13. The van der Waals surface area contributed by atoms with Crippen LogP contribution in [0, 0.1) is 5.92 Å². The Hall–Kier alpha value is -1.45. The molecule has 0 aliphatic heterocycles. The standard InChI is InChI=1S/C13H21NO3/c1-3-5-6-10(4-2)9-14-12-8-7-11(17-12)13(15)16/h7-8,10,14H,3-6,9H2,1-2H3,(H,15,16). The van der Waals surface area contributed by atoms with Crippen LogP contribution in [0.25, 0.3) is 0 Å². The number of furan rings is 1. The van der Waals surface area contributed by atoms with Gasteiger partial charge in [-0.05, 0) is 18.4 Å². The van der Waals surface area contributed by atoms with Gasteiger partial charge in [-0.15, -0.1) is 0 Å². The largest absolute Gasteiger partial charge is 0.475 e. The molecule has 0 saturated heterocycles. The molecule has 0 amide bonds. The number of nitrogens with one attached hydrogen (secondary N) is 1. The molecular formula is C13H21NO3. The van der Waals surface area contributed by atoms with Crippen LogP contribution in [0.15, 0.2) is 16.5 Å². The molecule has 0 fully saturated rings. The molecule has 1 rings (SSSR count). The molecule has 1 atom stereocenters. The number of hydrogen-bond acceptors (Lipinski definition) is 3. The number of aromatic carboxylic acids is 1. The highest BCUT2D eigenvalue weighted by Crippen LogP contribution is 2.17. The number of rotatable bonds is 8. The maximum absolute atomic E-state index is 10.6. The minimum Gasteiger partial charge on any atom is -0.475 e. The SMILES string of the molecule is CCCCC(CC)CNc1ccc(C(=O)O)o1. The third-order valence-corrected chi connectivity index (χ3v) is 2.93. The van der Waals surface area contributed by atoms with Crippen molar-refractivity contribution in [3.63, 3.8) is 0 Å². The molecule has 1 aromatic heterocycles. The van der Waals surface area contributed by atoms with Crippen LogP contribution in [-0.4, -0.2) is 17.6 Å². The predicted molar refractivity (Wildman–Crippen MR) is 67.5 cm³/mol. The monoisotopic (exact) mass is 239 g/mol. The van der Waals surface area contributed by atoms with E-state index in [0.717, 1.165) is 13.0 Å². The topological polar surface area (TPSA) is 62.5 Å². The van der Waals surface area contributed by atoms with Gasteiger partial charge in [0.05, 0.1) is 0 Å². The number of carbonyl (C=O) groups is 1. The number of carboxylic acid groups (broad SMARTS) is 1. The van der Waals surface area contributed by atoms with E-state index in [0.29, 0.717) is 11.8 Å². The van der Waals surface area contributed by atoms with Crippen molar-refractivity contribution in [1.29, 1.82) is 0 Å². The zero-order valence-electron chi connectivity index (χ0n) is 10.5. The fourth-order valence-corrected chi connectivity index (χ4v) is 1.74. The molecule has 1 aromatic rings. The van der Waals surface area contributed by atoms with Gasteiger partial charge in [0.15, 0.2) is 5.88 Å². The van der Waals surface area contributed by atoms with Crippen molar-refractivity contribution in [2.75, 3.05) is 11.9 Å². The first-order valence-electron chi connectivity index (χ1n) is 6.24. The van der Waals surface area contributed by atoms with Crippen LogP contribution >= 0.6 is 0 Å². The second kappa shape index (κ2) is 6.99. The van der Waals surface area contributed by atoms with Gasteiger partial charge in [-0.25, -0.2) is 4.79 Å². The summed E-state index contributed by atoms with van der Waals surface area (Å²) in [7, 11) is 0. The smallest absolute Gasteiger partial charge is 0.371 e. The number of unbranched alkanes of at least 4 members (excludes halogenated alkanes) is 1. The molecule has 0 saturated carbocycles. The van der Waals surface area contributed by atoms with E-state index in [1.165, 1.54) is 25.3 Å². The third kappa shape index (κ3) is 4.51. The zero-order valence-corrected chi connectivity index (χ0v) is 10.5. The van der Waals surface area contributed by atoms with E-state index < -0.39 is 5.97 Å². The van der Waals surface area contributed by atoms with Crippen LogP contribution in [-0.2, 0) is 0 Å². The number of hydrogen-bond donors (Lipinski definition) is 2. The quantitative estimate of drug-likeness (QED) is 0.727. The van der Waals surface area contributed by atoms with Crippen molar-refractivity contribution in [3.8, 4) is 0 Å². The normalized spacial score (nSPS) is 12.4. The van der Waals surface area contributed by atoms with E-state index >= 15 is 0 Å². The first-order chi connectivity index (χ1) is 8.17. The van der Waals surface area contributed by atoms with Gasteiger partial charge in [-0.1, -0.05) is 33.1 Å². The molecule has 4 heteroatoms. The van der Waals surface area contributed by atoms with Gasteiger partial charge < -0.3 is 14.8 Å². The van der Waals surface area contributed by atoms with Gasteiger partial charge >= 0.3 is 5.97 Å². The summed E-state index contributed by atoms with van der Waals surface area (Å²) >= 11 is 0. The molecule has 2 N–H and O–H groups in total. The Bertz CT molecular complexity index is 346.